The molecule has 0 atom stereocenters. The van der Waals surface area contributed by atoms with Gasteiger partial charge in [0.05, 0.1) is 6.61 Å². The zero-order valence-corrected chi connectivity index (χ0v) is 16.2. The van der Waals surface area contributed by atoms with E-state index in [4.69, 9.17) is 14.2 Å². The molecular formula is C22H22N4O3. The van der Waals surface area contributed by atoms with Crippen LogP contribution in [0.4, 0.5) is 11.6 Å². The minimum atomic E-state index is 0.293. The summed E-state index contributed by atoms with van der Waals surface area (Å²) in [6, 6.07) is 15.8. The molecule has 0 fully saturated rings. The third-order valence-electron chi connectivity index (χ3n) is 4.14. The van der Waals surface area contributed by atoms with E-state index in [9.17, 15) is 0 Å². The summed E-state index contributed by atoms with van der Waals surface area (Å²) in [5.41, 5.74) is 1.86. The molecule has 0 aliphatic carbocycles. The Morgan fingerprint density at radius 1 is 0.931 bits per heavy atom. The van der Waals surface area contributed by atoms with Crippen LogP contribution in [0, 0.1) is 0 Å². The van der Waals surface area contributed by atoms with E-state index in [1.165, 1.54) is 0 Å². The Labute approximate surface area is 169 Å². The van der Waals surface area contributed by atoms with Crippen molar-refractivity contribution in [1.29, 1.82) is 0 Å². The molecule has 7 heteroatoms. The van der Waals surface area contributed by atoms with Crippen LogP contribution in [0.15, 0.2) is 60.7 Å². The molecule has 0 amide bonds. The van der Waals surface area contributed by atoms with Crippen molar-refractivity contribution in [2.24, 2.45) is 0 Å². The van der Waals surface area contributed by atoms with Crippen molar-refractivity contribution in [2.45, 2.75) is 13.3 Å². The minimum Gasteiger partial charge on any atom is -0.490 e. The lowest BCUT2D eigenvalue weighted by Gasteiger charge is -2.10. The number of anilines is 2. The van der Waals surface area contributed by atoms with Crippen LogP contribution in [-0.2, 0) is 6.42 Å². The highest BCUT2D eigenvalue weighted by Gasteiger charge is 2.10. The number of hydrogen-bond donors (Lipinski definition) is 1. The second-order valence-electron chi connectivity index (χ2n) is 6.36. The second kappa shape index (κ2) is 9.05. The van der Waals surface area contributed by atoms with E-state index in [1.807, 2.05) is 67.6 Å². The SMILES string of the molecule is CCOc1nc2nc(n1)Nc1cccc(c1)OCC=CCOc1cccc(c1)C2. The molecule has 6 bridgehead atoms. The summed E-state index contributed by atoms with van der Waals surface area (Å²) < 4.78 is 17.1. The van der Waals surface area contributed by atoms with Gasteiger partial charge in [-0.25, -0.2) is 0 Å². The molecule has 29 heavy (non-hydrogen) atoms. The van der Waals surface area contributed by atoms with E-state index in [0.717, 1.165) is 22.7 Å². The molecular weight excluding hydrogens is 368 g/mol. The standard InChI is InChI=1S/C22H22N4O3/c1-2-27-22-25-20-14-16-7-5-9-18(13-16)28-11-3-4-12-29-19-10-6-8-17(15-19)23-21(24-20)26-22/h3-10,13,15H,2,11-12,14H2,1H3,(H,23,24,25,26). The third-order valence-corrected chi connectivity index (χ3v) is 4.14. The number of benzene rings is 2. The molecule has 0 radical (unpaired) electrons. The summed E-state index contributed by atoms with van der Waals surface area (Å²) in [6.45, 7) is 3.30. The van der Waals surface area contributed by atoms with Crippen LogP contribution in [0.1, 0.15) is 18.3 Å². The van der Waals surface area contributed by atoms with Gasteiger partial charge in [-0.1, -0.05) is 18.2 Å². The molecule has 0 saturated heterocycles. The van der Waals surface area contributed by atoms with Gasteiger partial charge in [-0.05, 0) is 48.9 Å². The largest absolute Gasteiger partial charge is 0.490 e. The Morgan fingerprint density at radius 2 is 1.69 bits per heavy atom. The fraction of sp³-hybridized carbons (Fsp3) is 0.227. The highest BCUT2D eigenvalue weighted by molar-refractivity contribution is 5.56. The fourth-order valence-electron chi connectivity index (χ4n) is 2.87. The Balaban J connectivity index is 1.70. The molecule has 148 valence electrons. The lowest BCUT2D eigenvalue weighted by molar-refractivity contribution is 0.310. The Hall–Kier alpha value is -3.61. The number of nitrogens with one attached hydrogen (secondary N) is 1. The molecule has 1 aromatic heterocycles. The van der Waals surface area contributed by atoms with E-state index in [-0.39, 0.29) is 0 Å². The predicted molar refractivity (Wildman–Crippen MR) is 110 cm³/mol. The summed E-state index contributed by atoms with van der Waals surface area (Å²) >= 11 is 0. The Bertz CT molecular complexity index is 933. The van der Waals surface area contributed by atoms with Crippen LogP contribution in [0.3, 0.4) is 0 Å². The Morgan fingerprint density at radius 3 is 2.48 bits per heavy atom. The van der Waals surface area contributed by atoms with Crippen molar-refractivity contribution >= 4 is 11.6 Å². The van der Waals surface area contributed by atoms with E-state index < -0.39 is 0 Å². The number of rotatable bonds is 2. The monoisotopic (exact) mass is 390 g/mol. The molecule has 1 aliphatic heterocycles. The average molecular weight is 390 g/mol. The molecule has 3 aromatic rings. The molecule has 0 saturated carbocycles. The van der Waals surface area contributed by atoms with E-state index in [1.54, 1.807) is 0 Å². The second-order valence-corrected chi connectivity index (χ2v) is 6.36. The maximum absolute atomic E-state index is 5.80. The van der Waals surface area contributed by atoms with Gasteiger partial charge in [-0.3, -0.25) is 0 Å². The zero-order valence-electron chi connectivity index (χ0n) is 16.2. The van der Waals surface area contributed by atoms with Crippen molar-refractivity contribution in [1.82, 2.24) is 15.0 Å². The highest BCUT2D eigenvalue weighted by Crippen LogP contribution is 2.22. The van der Waals surface area contributed by atoms with Crippen molar-refractivity contribution in [3.05, 3.63) is 72.1 Å². The molecule has 1 aliphatic rings. The van der Waals surface area contributed by atoms with Crippen LogP contribution < -0.4 is 19.5 Å². The molecule has 0 unspecified atom stereocenters. The molecule has 1 N–H and O–H groups in total. The quantitative estimate of drug-likeness (QED) is 0.664. The Kier molecular flexibility index (Phi) is 5.85. The zero-order chi connectivity index (χ0) is 19.9. The third kappa shape index (κ3) is 5.22. The first-order valence-electron chi connectivity index (χ1n) is 9.53. The number of aromatic nitrogens is 3. The number of ether oxygens (including phenoxy) is 3. The van der Waals surface area contributed by atoms with E-state index >= 15 is 0 Å². The highest BCUT2D eigenvalue weighted by atomic mass is 16.5. The molecule has 2 aromatic carbocycles. The summed E-state index contributed by atoms with van der Waals surface area (Å²) in [7, 11) is 0. The van der Waals surface area contributed by atoms with Crippen molar-refractivity contribution in [3.63, 3.8) is 0 Å². The van der Waals surface area contributed by atoms with Gasteiger partial charge >= 0.3 is 6.01 Å². The maximum Gasteiger partial charge on any atom is 0.321 e. The minimum absolute atomic E-state index is 0.293. The topological polar surface area (TPSA) is 78.4 Å². The van der Waals surface area contributed by atoms with Crippen molar-refractivity contribution in [2.75, 3.05) is 25.1 Å². The van der Waals surface area contributed by atoms with E-state index in [2.05, 4.69) is 20.3 Å². The first kappa shape index (κ1) is 18.7. The van der Waals surface area contributed by atoms with Gasteiger partial charge in [-0.15, -0.1) is 0 Å². The van der Waals surface area contributed by atoms with Crippen LogP contribution >= 0.6 is 0 Å². The smallest absolute Gasteiger partial charge is 0.321 e. The normalized spacial score (nSPS) is 13.4. The van der Waals surface area contributed by atoms with Gasteiger partial charge in [0, 0.05) is 18.2 Å². The van der Waals surface area contributed by atoms with Gasteiger partial charge in [0.1, 0.15) is 30.5 Å². The number of hydrogen-bond acceptors (Lipinski definition) is 7. The average Bonchev–Trinajstić information content (AvgIpc) is 2.71. The fourth-order valence-corrected chi connectivity index (χ4v) is 2.87. The lowest BCUT2D eigenvalue weighted by Crippen LogP contribution is -2.08. The van der Waals surface area contributed by atoms with Crippen LogP contribution in [0.25, 0.3) is 0 Å². The van der Waals surface area contributed by atoms with Gasteiger partial charge in [0.15, 0.2) is 0 Å². The predicted octanol–water partition coefficient (Wildman–Crippen LogP) is 3.93. The number of fused-ring (bicyclic) bond motifs is 6. The van der Waals surface area contributed by atoms with Crippen LogP contribution in [-0.4, -0.2) is 34.8 Å². The van der Waals surface area contributed by atoms with Gasteiger partial charge < -0.3 is 19.5 Å². The summed E-state index contributed by atoms with van der Waals surface area (Å²) in [5.74, 6) is 2.57. The summed E-state index contributed by atoms with van der Waals surface area (Å²) in [4.78, 5) is 13.4. The molecule has 0 spiro atoms. The lowest BCUT2D eigenvalue weighted by atomic mass is 10.1. The molecule has 2 heterocycles. The van der Waals surface area contributed by atoms with E-state index in [0.29, 0.717) is 44.0 Å². The van der Waals surface area contributed by atoms with Gasteiger partial charge in [-0.2, -0.15) is 15.0 Å². The maximum atomic E-state index is 5.80. The summed E-state index contributed by atoms with van der Waals surface area (Å²) in [5, 5.41) is 3.22. The van der Waals surface area contributed by atoms with Crippen molar-refractivity contribution in [3.8, 4) is 17.5 Å². The molecule has 7 nitrogen and oxygen atoms in total. The van der Waals surface area contributed by atoms with Crippen LogP contribution in [0.2, 0.25) is 0 Å². The first-order chi connectivity index (χ1) is 14.3. The van der Waals surface area contributed by atoms with Crippen LogP contribution in [0.5, 0.6) is 17.5 Å². The summed E-state index contributed by atoms with van der Waals surface area (Å²) in [6.07, 6.45) is 4.41. The molecule has 4 rings (SSSR count). The van der Waals surface area contributed by atoms with Gasteiger partial charge in [0.25, 0.3) is 0 Å². The first-order valence-corrected chi connectivity index (χ1v) is 9.53. The van der Waals surface area contributed by atoms with Gasteiger partial charge in [0.2, 0.25) is 5.95 Å². The van der Waals surface area contributed by atoms with Crippen molar-refractivity contribution < 1.29 is 14.2 Å². The number of nitrogens with zero attached hydrogens (tertiary/aromatic N) is 3.